The molecule has 2 aromatic heterocycles. The fourth-order valence-corrected chi connectivity index (χ4v) is 4.79. The van der Waals surface area contributed by atoms with Gasteiger partial charge in [0.25, 0.3) is 5.91 Å². The number of nitrogens with zero attached hydrogens (tertiary/aromatic N) is 5. The summed E-state index contributed by atoms with van der Waals surface area (Å²) in [6.07, 6.45) is 4.73. The summed E-state index contributed by atoms with van der Waals surface area (Å²) in [5, 5.41) is 14.0. The van der Waals surface area contributed by atoms with E-state index in [0.29, 0.717) is 35.7 Å². The minimum absolute atomic E-state index is 0.229. The van der Waals surface area contributed by atoms with Crippen molar-refractivity contribution in [1.29, 1.82) is 0 Å². The number of hydrogen-bond acceptors (Lipinski definition) is 7. The third-order valence-corrected chi connectivity index (χ3v) is 6.82. The number of rotatable bonds is 5. The number of pyridine rings is 1. The van der Waals surface area contributed by atoms with Crippen LogP contribution in [0.25, 0.3) is 5.65 Å². The van der Waals surface area contributed by atoms with Crippen molar-refractivity contribution in [3.63, 3.8) is 0 Å². The number of nitrogens with one attached hydrogen (secondary N) is 1. The first-order valence-electron chi connectivity index (χ1n) is 9.12. The van der Waals surface area contributed by atoms with Crippen LogP contribution in [0.15, 0.2) is 47.5 Å². The summed E-state index contributed by atoms with van der Waals surface area (Å²) in [6.45, 7) is 1.73. The third-order valence-electron chi connectivity index (χ3n) is 4.83. The highest BCUT2D eigenvalue weighted by Crippen LogP contribution is 2.52. The Morgan fingerprint density at radius 1 is 1.11 bits per heavy atom. The van der Waals surface area contributed by atoms with Crippen molar-refractivity contribution < 1.29 is 13.9 Å². The molecular formula is C18H22N6O3S. The summed E-state index contributed by atoms with van der Waals surface area (Å²) in [5.41, 5.74) is 1.84. The highest BCUT2D eigenvalue weighted by molar-refractivity contribution is 8.22. The summed E-state index contributed by atoms with van der Waals surface area (Å²) < 4.78 is 24.5. The van der Waals surface area contributed by atoms with Crippen LogP contribution in [0.5, 0.6) is 0 Å². The van der Waals surface area contributed by atoms with Crippen LogP contribution in [0, 0.1) is 0 Å². The van der Waals surface area contributed by atoms with Crippen LogP contribution in [0.3, 0.4) is 0 Å². The first-order chi connectivity index (χ1) is 13.5. The zero-order valence-electron chi connectivity index (χ0n) is 15.2. The lowest BCUT2D eigenvalue weighted by Crippen LogP contribution is -2.32. The molecule has 1 amide bonds. The molecule has 148 valence electrons. The van der Waals surface area contributed by atoms with Gasteiger partial charge in [0.15, 0.2) is 5.65 Å². The number of hydrogen-bond donors (Lipinski definition) is 3. The predicted octanol–water partition coefficient (Wildman–Crippen LogP) is 2.56. The van der Waals surface area contributed by atoms with Crippen LogP contribution in [0.2, 0.25) is 0 Å². The van der Waals surface area contributed by atoms with Crippen LogP contribution in [-0.2, 0) is 6.54 Å². The molecule has 0 saturated carbocycles. The second-order valence-electron chi connectivity index (χ2n) is 6.73. The summed E-state index contributed by atoms with van der Waals surface area (Å²) in [4.78, 5) is 12.9. The Morgan fingerprint density at radius 2 is 1.86 bits per heavy atom. The van der Waals surface area contributed by atoms with Crippen molar-refractivity contribution in [3.05, 3.63) is 53.7 Å². The van der Waals surface area contributed by atoms with Gasteiger partial charge in [0.2, 0.25) is 0 Å². The molecule has 0 atom stereocenters. The minimum Gasteiger partial charge on any atom is -0.348 e. The molecule has 3 heterocycles. The van der Waals surface area contributed by atoms with Gasteiger partial charge in [-0.2, -0.15) is 0 Å². The standard InChI is InChI=1S/C18H22N6O3S/c25-18(15-8-11-24-17(12-15)20-21-22-24)19-13-14-4-6-16(7-5-14)28(26,27)23-9-2-1-3-10-23/h4-8,11-12,26-27H,1-3,9-10,13H2,(H,19,25). The number of fused-ring (bicyclic) bond motifs is 1. The van der Waals surface area contributed by atoms with E-state index >= 15 is 0 Å². The number of carbonyl (C=O) groups is 1. The fourth-order valence-electron chi connectivity index (χ4n) is 3.22. The van der Waals surface area contributed by atoms with Gasteiger partial charge in [-0.1, -0.05) is 18.6 Å². The fraction of sp³-hybridized carbons (Fsp3) is 0.333. The van der Waals surface area contributed by atoms with Gasteiger partial charge in [-0.25, -0.2) is 8.82 Å². The number of amides is 1. The maximum absolute atomic E-state index is 12.3. The number of aromatic nitrogens is 4. The van der Waals surface area contributed by atoms with Crippen molar-refractivity contribution in [1.82, 2.24) is 29.7 Å². The molecule has 1 saturated heterocycles. The second-order valence-corrected chi connectivity index (χ2v) is 8.76. The van der Waals surface area contributed by atoms with E-state index in [-0.39, 0.29) is 5.91 Å². The molecule has 1 fully saturated rings. The molecule has 0 bridgehead atoms. The molecule has 10 heteroatoms. The molecular weight excluding hydrogens is 380 g/mol. The smallest absolute Gasteiger partial charge is 0.251 e. The lowest BCUT2D eigenvalue weighted by Gasteiger charge is -2.44. The highest BCUT2D eigenvalue weighted by atomic mass is 32.3. The lowest BCUT2D eigenvalue weighted by molar-refractivity contribution is 0.0951. The Morgan fingerprint density at radius 3 is 2.61 bits per heavy atom. The summed E-state index contributed by atoms with van der Waals surface area (Å²) >= 11 is 0. The molecule has 0 radical (unpaired) electrons. The van der Waals surface area contributed by atoms with Crippen LogP contribution in [-0.4, -0.2) is 52.4 Å². The number of piperidine rings is 1. The Balaban J connectivity index is 1.39. The maximum atomic E-state index is 12.3. The molecule has 1 aliphatic rings. The van der Waals surface area contributed by atoms with E-state index in [0.717, 1.165) is 24.8 Å². The first kappa shape index (κ1) is 18.8. The molecule has 1 aliphatic heterocycles. The summed E-state index contributed by atoms with van der Waals surface area (Å²) in [6, 6.07) is 10.3. The van der Waals surface area contributed by atoms with Crippen LogP contribution >= 0.6 is 10.8 Å². The average molecular weight is 402 g/mol. The highest BCUT2D eigenvalue weighted by Gasteiger charge is 2.26. The maximum Gasteiger partial charge on any atom is 0.251 e. The molecule has 3 N–H and O–H groups in total. The quantitative estimate of drug-likeness (QED) is 0.600. The van der Waals surface area contributed by atoms with Gasteiger partial charge in [-0.15, -0.1) is 15.9 Å². The summed E-state index contributed by atoms with van der Waals surface area (Å²) in [7, 11) is -2.94. The molecule has 28 heavy (non-hydrogen) atoms. The van der Waals surface area contributed by atoms with E-state index in [4.69, 9.17) is 0 Å². The topological polar surface area (TPSA) is 116 Å². The molecule has 0 unspecified atom stereocenters. The third kappa shape index (κ3) is 3.85. The van der Waals surface area contributed by atoms with Gasteiger partial charge in [0, 0.05) is 31.4 Å². The van der Waals surface area contributed by atoms with E-state index in [1.54, 1.807) is 46.9 Å². The van der Waals surface area contributed by atoms with E-state index in [1.165, 1.54) is 4.52 Å². The Labute approximate surface area is 163 Å². The van der Waals surface area contributed by atoms with E-state index < -0.39 is 10.8 Å². The summed E-state index contributed by atoms with van der Waals surface area (Å²) in [5.74, 6) is -0.229. The second kappa shape index (κ2) is 7.84. The Hall–Kier alpha value is -2.53. The molecule has 0 aliphatic carbocycles. The predicted molar refractivity (Wildman–Crippen MR) is 105 cm³/mol. The number of tetrazole rings is 1. The molecule has 4 rings (SSSR count). The minimum atomic E-state index is -2.94. The van der Waals surface area contributed by atoms with E-state index in [9.17, 15) is 13.9 Å². The normalized spacial score (nSPS) is 16.2. The van der Waals surface area contributed by atoms with Gasteiger partial charge < -0.3 is 5.32 Å². The zero-order valence-corrected chi connectivity index (χ0v) is 16.0. The van der Waals surface area contributed by atoms with Crippen molar-refractivity contribution in [2.45, 2.75) is 30.7 Å². The molecule has 1 aromatic carbocycles. The monoisotopic (exact) mass is 402 g/mol. The number of carbonyl (C=O) groups excluding carboxylic acids is 1. The Kier molecular flexibility index (Phi) is 5.27. The van der Waals surface area contributed by atoms with Crippen molar-refractivity contribution in [2.75, 3.05) is 13.1 Å². The van der Waals surface area contributed by atoms with Crippen molar-refractivity contribution in [2.24, 2.45) is 0 Å². The van der Waals surface area contributed by atoms with Crippen molar-refractivity contribution in [3.8, 4) is 0 Å². The first-order valence-corrected chi connectivity index (χ1v) is 10.6. The average Bonchev–Trinajstić information content (AvgIpc) is 3.21. The SMILES string of the molecule is O=C(NCc1ccc(S(O)(O)N2CCCCC2)cc1)c1ccn2nnnc2c1. The van der Waals surface area contributed by atoms with Gasteiger partial charge >= 0.3 is 0 Å². The lowest BCUT2D eigenvalue weighted by atomic mass is 10.2. The van der Waals surface area contributed by atoms with Gasteiger partial charge in [0.05, 0.1) is 4.90 Å². The zero-order chi connectivity index (χ0) is 19.6. The van der Waals surface area contributed by atoms with Crippen LogP contribution in [0.1, 0.15) is 35.2 Å². The Bertz CT molecular complexity index is 969. The van der Waals surface area contributed by atoms with Crippen molar-refractivity contribution >= 4 is 22.3 Å². The molecule has 9 nitrogen and oxygen atoms in total. The number of benzene rings is 1. The molecule has 3 aromatic rings. The van der Waals surface area contributed by atoms with E-state index in [1.807, 2.05) is 0 Å². The largest absolute Gasteiger partial charge is 0.348 e. The van der Waals surface area contributed by atoms with Gasteiger partial charge in [0.1, 0.15) is 0 Å². The van der Waals surface area contributed by atoms with Crippen LogP contribution in [0.4, 0.5) is 0 Å². The van der Waals surface area contributed by atoms with Gasteiger partial charge in [-0.3, -0.25) is 13.9 Å². The van der Waals surface area contributed by atoms with E-state index in [2.05, 4.69) is 20.8 Å². The molecule has 0 spiro atoms. The van der Waals surface area contributed by atoms with Gasteiger partial charge in [-0.05, 0) is 53.1 Å². The van der Waals surface area contributed by atoms with Crippen LogP contribution < -0.4 is 5.32 Å².